The normalized spacial score (nSPS) is 26.3. The van der Waals surface area contributed by atoms with Crippen LogP contribution in [0, 0.1) is 5.82 Å². The van der Waals surface area contributed by atoms with Crippen LogP contribution in [0.3, 0.4) is 0 Å². The Labute approximate surface area is 178 Å². The highest BCUT2D eigenvalue weighted by Gasteiger charge is 2.48. The van der Waals surface area contributed by atoms with Crippen molar-refractivity contribution in [1.29, 1.82) is 0 Å². The number of nitrogens with one attached hydrogen (secondary N) is 1. The van der Waals surface area contributed by atoms with E-state index in [9.17, 15) is 24.5 Å². The minimum absolute atomic E-state index is 0.0588. The molecule has 0 aromatic heterocycles. The second-order valence-corrected chi connectivity index (χ2v) is 7.73. The van der Waals surface area contributed by atoms with Crippen molar-refractivity contribution >= 4 is 17.5 Å². The average Bonchev–Trinajstić information content (AvgIpc) is 2.71. The number of carbonyl (C=O) groups is 1. The number of aliphatic hydroxyl groups excluding tert-OH is 2. The molecule has 0 aliphatic carbocycles. The zero-order chi connectivity index (χ0) is 22.1. The molecule has 1 heterocycles. The van der Waals surface area contributed by atoms with E-state index in [1.54, 1.807) is 6.07 Å². The molecule has 7 nitrogen and oxygen atoms in total. The molecule has 9 heteroatoms. The SMILES string of the molecule is CNC(=O)c1cc(F)cc(-c2ccc(OC3OC(CO)CC(O)[C@]3(C)O)c(Cl)c2)c1. The predicted molar refractivity (Wildman–Crippen MR) is 108 cm³/mol. The number of benzene rings is 2. The minimum Gasteiger partial charge on any atom is -0.460 e. The summed E-state index contributed by atoms with van der Waals surface area (Å²) in [5, 5.41) is 32.6. The summed E-state index contributed by atoms with van der Waals surface area (Å²) in [6.07, 6.45) is -3.07. The quantitative estimate of drug-likeness (QED) is 0.568. The largest absolute Gasteiger partial charge is 0.460 e. The molecule has 3 unspecified atom stereocenters. The van der Waals surface area contributed by atoms with Crippen LogP contribution in [-0.2, 0) is 4.74 Å². The van der Waals surface area contributed by atoms with Gasteiger partial charge in [0.15, 0.2) is 0 Å². The van der Waals surface area contributed by atoms with E-state index < -0.39 is 35.8 Å². The lowest BCUT2D eigenvalue weighted by molar-refractivity contribution is -0.283. The van der Waals surface area contributed by atoms with Gasteiger partial charge in [-0.2, -0.15) is 0 Å². The Morgan fingerprint density at radius 1 is 1.33 bits per heavy atom. The lowest BCUT2D eigenvalue weighted by Gasteiger charge is -2.43. The molecular formula is C21H23ClFNO6. The van der Waals surface area contributed by atoms with Gasteiger partial charge in [0.2, 0.25) is 6.29 Å². The van der Waals surface area contributed by atoms with E-state index in [4.69, 9.17) is 21.1 Å². The molecular weight excluding hydrogens is 417 g/mol. The Kier molecular flexibility index (Phi) is 6.64. The van der Waals surface area contributed by atoms with E-state index in [1.165, 1.54) is 38.2 Å². The number of carbonyl (C=O) groups excluding carboxylic acids is 1. The molecule has 0 bridgehead atoms. The number of rotatable bonds is 5. The van der Waals surface area contributed by atoms with Crippen LogP contribution in [0.2, 0.25) is 5.02 Å². The number of aliphatic hydroxyl groups is 3. The third kappa shape index (κ3) is 4.58. The highest BCUT2D eigenvalue weighted by atomic mass is 35.5. The summed E-state index contributed by atoms with van der Waals surface area (Å²) in [4.78, 5) is 11.8. The topological polar surface area (TPSA) is 108 Å². The highest BCUT2D eigenvalue weighted by Crippen LogP contribution is 2.36. The monoisotopic (exact) mass is 439 g/mol. The van der Waals surface area contributed by atoms with E-state index in [2.05, 4.69) is 5.32 Å². The summed E-state index contributed by atoms with van der Waals surface area (Å²) in [7, 11) is 1.45. The first-order chi connectivity index (χ1) is 14.1. The van der Waals surface area contributed by atoms with E-state index in [0.717, 1.165) is 6.07 Å². The number of amides is 1. The molecule has 1 fully saturated rings. The van der Waals surface area contributed by atoms with Gasteiger partial charge in [-0.3, -0.25) is 4.79 Å². The number of hydrogen-bond acceptors (Lipinski definition) is 6. The smallest absolute Gasteiger partial charge is 0.251 e. The van der Waals surface area contributed by atoms with Gasteiger partial charge in [-0.05, 0) is 48.4 Å². The molecule has 0 saturated carbocycles. The first-order valence-electron chi connectivity index (χ1n) is 9.31. The third-order valence-electron chi connectivity index (χ3n) is 5.04. The summed E-state index contributed by atoms with van der Waals surface area (Å²) in [6.45, 7) is 1.03. The summed E-state index contributed by atoms with van der Waals surface area (Å²) in [6, 6.07) is 8.59. The third-order valence-corrected chi connectivity index (χ3v) is 5.34. The first-order valence-corrected chi connectivity index (χ1v) is 9.69. The van der Waals surface area contributed by atoms with Crippen molar-refractivity contribution in [3.8, 4) is 16.9 Å². The van der Waals surface area contributed by atoms with Crippen molar-refractivity contribution in [2.75, 3.05) is 13.7 Å². The molecule has 2 aromatic carbocycles. The van der Waals surface area contributed by atoms with Crippen molar-refractivity contribution in [3.05, 3.63) is 52.8 Å². The van der Waals surface area contributed by atoms with Crippen LogP contribution in [0.4, 0.5) is 4.39 Å². The molecule has 1 aliphatic rings. The molecule has 1 saturated heterocycles. The van der Waals surface area contributed by atoms with Crippen molar-refractivity contribution in [2.24, 2.45) is 0 Å². The lowest BCUT2D eigenvalue weighted by atomic mass is 9.90. The van der Waals surface area contributed by atoms with Gasteiger partial charge in [-0.15, -0.1) is 0 Å². The van der Waals surface area contributed by atoms with Crippen LogP contribution in [0.1, 0.15) is 23.7 Å². The first kappa shape index (κ1) is 22.5. The summed E-state index contributed by atoms with van der Waals surface area (Å²) in [5.41, 5.74) is -0.571. The molecule has 30 heavy (non-hydrogen) atoms. The van der Waals surface area contributed by atoms with Crippen LogP contribution in [-0.4, -0.2) is 59.0 Å². The fraction of sp³-hybridized carbons (Fsp3) is 0.381. The number of hydrogen-bond donors (Lipinski definition) is 4. The standard InChI is InChI=1S/C21H23ClFNO6/c1-21(28)18(26)9-15(10-25)29-20(21)30-17-4-3-11(8-16(17)22)12-5-13(19(27)24-2)7-14(23)6-12/h3-8,15,18,20,25-26,28H,9-10H2,1-2H3,(H,24,27)/t15?,18?,20?,21-/m0/s1. The van der Waals surface area contributed by atoms with Crippen molar-refractivity contribution in [3.63, 3.8) is 0 Å². The maximum atomic E-state index is 14.0. The fourth-order valence-electron chi connectivity index (χ4n) is 3.20. The van der Waals surface area contributed by atoms with Gasteiger partial charge in [0, 0.05) is 19.0 Å². The second kappa shape index (κ2) is 8.87. The maximum absolute atomic E-state index is 14.0. The van der Waals surface area contributed by atoms with Crippen LogP contribution in [0.15, 0.2) is 36.4 Å². The second-order valence-electron chi connectivity index (χ2n) is 7.32. The Morgan fingerprint density at radius 3 is 2.70 bits per heavy atom. The molecule has 0 radical (unpaired) electrons. The van der Waals surface area contributed by atoms with Gasteiger partial charge in [0.1, 0.15) is 17.2 Å². The maximum Gasteiger partial charge on any atom is 0.251 e. The van der Waals surface area contributed by atoms with Crippen LogP contribution >= 0.6 is 11.6 Å². The lowest BCUT2D eigenvalue weighted by Crippen LogP contribution is -2.60. The van der Waals surface area contributed by atoms with E-state index in [-0.39, 0.29) is 29.4 Å². The van der Waals surface area contributed by atoms with Crippen molar-refractivity contribution < 1.29 is 34.0 Å². The molecule has 3 rings (SSSR count). The van der Waals surface area contributed by atoms with Crippen molar-refractivity contribution in [1.82, 2.24) is 5.32 Å². The van der Waals surface area contributed by atoms with Crippen LogP contribution in [0.5, 0.6) is 5.75 Å². The Balaban J connectivity index is 1.87. The predicted octanol–water partition coefficient (Wildman–Crippen LogP) is 2.10. The molecule has 1 aliphatic heterocycles. The van der Waals surface area contributed by atoms with Crippen LogP contribution < -0.4 is 10.1 Å². The van der Waals surface area contributed by atoms with Gasteiger partial charge in [-0.1, -0.05) is 17.7 Å². The number of ether oxygens (including phenoxy) is 2. The Bertz CT molecular complexity index is 938. The van der Waals surface area contributed by atoms with Crippen molar-refractivity contribution in [2.45, 2.75) is 37.4 Å². The Morgan fingerprint density at radius 2 is 2.07 bits per heavy atom. The molecule has 4 N–H and O–H groups in total. The van der Waals surface area contributed by atoms with E-state index in [1.807, 2.05) is 0 Å². The van der Waals surface area contributed by atoms with Gasteiger partial charge < -0.3 is 30.1 Å². The van der Waals surface area contributed by atoms with Gasteiger partial charge in [0.25, 0.3) is 5.91 Å². The van der Waals surface area contributed by atoms with Gasteiger partial charge >= 0.3 is 0 Å². The summed E-state index contributed by atoms with van der Waals surface area (Å²) >= 11 is 6.32. The summed E-state index contributed by atoms with van der Waals surface area (Å²) in [5.74, 6) is -0.826. The fourth-order valence-corrected chi connectivity index (χ4v) is 3.43. The molecule has 2 aromatic rings. The zero-order valence-corrected chi connectivity index (χ0v) is 17.2. The van der Waals surface area contributed by atoms with Crippen LogP contribution in [0.25, 0.3) is 11.1 Å². The Hall–Kier alpha value is -2.23. The molecule has 1 amide bonds. The summed E-state index contributed by atoms with van der Waals surface area (Å²) < 4.78 is 25.2. The molecule has 0 spiro atoms. The molecule has 4 atom stereocenters. The molecule has 162 valence electrons. The van der Waals surface area contributed by atoms with Gasteiger partial charge in [-0.25, -0.2) is 4.39 Å². The average molecular weight is 440 g/mol. The minimum atomic E-state index is -1.72. The van der Waals surface area contributed by atoms with Gasteiger partial charge in [0.05, 0.1) is 23.8 Å². The zero-order valence-electron chi connectivity index (χ0n) is 16.4. The highest BCUT2D eigenvalue weighted by molar-refractivity contribution is 6.32. The van der Waals surface area contributed by atoms with E-state index >= 15 is 0 Å². The number of halogens is 2. The van der Waals surface area contributed by atoms with E-state index in [0.29, 0.717) is 11.1 Å².